The van der Waals surface area contributed by atoms with Crippen molar-refractivity contribution in [1.29, 1.82) is 0 Å². The van der Waals surface area contributed by atoms with Crippen molar-refractivity contribution in [3.8, 4) is 0 Å². The van der Waals surface area contributed by atoms with E-state index in [0.717, 1.165) is 24.1 Å². The maximum atomic E-state index is 12.7. The summed E-state index contributed by atoms with van der Waals surface area (Å²) in [6.45, 7) is 4.27. The molecular weight excluding hydrogens is 296 g/mol. The van der Waals surface area contributed by atoms with Gasteiger partial charge in [-0.3, -0.25) is 0 Å². The summed E-state index contributed by atoms with van der Waals surface area (Å²) in [5, 5.41) is 5.72. The van der Waals surface area contributed by atoms with E-state index in [2.05, 4.69) is 5.16 Å². The molecule has 2 aromatic rings. The van der Waals surface area contributed by atoms with E-state index in [1.165, 1.54) is 15.6 Å². The van der Waals surface area contributed by atoms with E-state index >= 15 is 0 Å². The third-order valence-electron chi connectivity index (χ3n) is 3.45. The molecule has 0 radical (unpaired) electrons. The van der Waals surface area contributed by atoms with Gasteiger partial charge >= 0.3 is 0 Å². The average molecular weight is 312 g/mol. The first-order valence-corrected chi connectivity index (χ1v) is 8.80. The monoisotopic (exact) mass is 312 g/mol. The second-order valence-electron chi connectivity index (χ2n) is 5.09. The number of aromatic nitrogens is 1. The minimum atomic E-state index is -3.44. The maximum absolute atomic E-state index is 12.7. The summed E-state index contributed by atoms with van der Waals surface area (Å²) in [5.41, 5.74) is 1.75. The molecule has 0 aromatic carbocycles. The van der Waals surface area contributed by atoms with Crippen LogP contribution >= 0.6 is 11.3 Å². The Balaban J connectivity index is 1.96. The molecule has 1 fully saturated rings. The number of rotatable bonds is 3. The van der Waals surface area contributed by atoms with Crippen molar-refractivity contribution in [3.05, 3.63) is 34.5 Å². The van der Waals surface area contributed by atoms with Gasteiger partial charge in [-0.1, -0.05) is 5.16 Å². The van der Waals surface area contributed by atoms with Gasteiger partial charge in [0.05, 0.1) is 11.7 Å². The van der Waals surface area contributed by atoms with E-state index in [0.29, 0.717) is 16.5 Å². The molecule has 0 amide bonds. The number of hydrogen-bond donors (Lipinski definition) is 0. The molecule has 1 atom stereocenters. The number of nitrogens with zero attached hydrogens (tertiary/aromatic N) is 2. The van der Waals surface area contributed by atoms with Crippen LogP contribution in [0, 0.1) is 13.8 Å². The first-order chi connectivity index (χ1) is 9.48. The Kier molecular flexibility index (Phi) is 3.43. The molecular formula is C13H16N2O3S2. The Labute approximate surface area is 122 Å². The zero-order valence-electron chi connectivity index (χ0n) is 11.4. The fourth-order valence-electron chi connectivity index (χ4n) is 2.51. The Bertz CT molecular complexity index is 718. The lowest BCUT2D eigenvalue weighted by atomic mass is 10.2. The summed E-state index contributed by atoms with van der Waals surface area (Å²) >= 11 is 1.27. The summed E-state index contributed by atoms with van der Waals surface area (Å²) in [6, 6.07) is 3.31. The molecule has 3 rings (SSSR count). The lowest BCUT2D eigenvalue weighted by molar-refractivity contribution is 0.297. The van der Waals surface area contributed by atoms with Crippen LogP contribution in [0.3, 0.4) is 0 Å². The van der Waals surface area contributed by atoms with Gasteiger partial charge in [0.1, 0.15) is 4.21 Å². The van der Waals surface area contributed by atoms with Crippen molar-refractivity contribution in [1.82, 2.24) is 9.46 Å². The van der Waals surface area contributed by atoms with Crippen LogP contribution in [-0.2, 0) is 10.0 Å². The third-order valence-corrected chi connectivity index (χ3v) is 6.89. The predicted molar refractivity (Wildman–Crippen MR) is 76.2 cm³/mol. The van der Waals surface area contributed by atoms with E-state index in [9.17, 15) is 8.42 Å². The zero-order chi connectivity index (χ0) is 14.3. The van der Waals surface area contributed by atoms with Crippen molar-refractivity contribution < 1.29 is 12.9 Å². The topological polar surface area (TPSA) is 63.4 Å². The van der Waals surface area contributed by atoms with Gasteiger partial charge in [-0.2, -0.15) is 4.31 Å². The smallest absolute Gasteiger partial charge is 0.253 e. The zero-order valence-corrected chi connectivity index (χ0v) is 13.0. The molecule has 0 spiro atoms. The molecule has 108 valence electrons. The van der Waals surface area contributed by atoms with Gasteiger partial charge in [-0.15, -0.1) is 11.3 Å². The molecule has 1 aliphatic heterocycles. The van der Waals surface area contributed by atoms with Gasteiger partial charge in [0, 0.05) is 12.6 Å². The normalized spacial score (nSPS) is 20.6. The molecule has 2 aromatic heterocycles. The van der Waals surface area contributed by atoms with Crippen molar-refractivity contribution in [2.24, 2.45) is 0 Å². The van der Waals surface area contributed by atoms with Crippen LogP contribution in [0.25, 0.3) is 0 Å². The molecule has 3 heterocycles. The van der Waals surface area contributed by atoms with Crippen LogP contribution in [-0.4, -0.2) is 24.4 Å². The lowest BCUT2D eigenvalue weighted by Crippen LogP contribution is -2.30. The SMILES string of the molecule is Cc1csc(S(=O)(=O)N2CCCC2c2cc(C)no2)c1. The summed E-state index contributed by atoms with van der Waals surface area (Å²) < 4.78 is 32.6. The fraction of sp³-hybridized carbons (Fsp3) is 0.462. The third kappa shape index (κ3) is 2.30. The second kappa shape index (κ2) is 4.98. The molecule has 0 N–H and O–H groups in total. The molecule has 20 heavy (non-hydrogen) atoms. The van der Waals surface area contributed by atoms with E-state index in [1.807, 2.05) is 25.3 Å². The number of thiophene rings is 1. The summed E-state index contributed by atoms with van der Waals surface area (Å²) in [7, 11) is -3.44. The van der Waals surface area contributed by atoms with Gasteiger partial charge in [0.15, 0.2) is 5.76 Å². The Morgan fingerprint density at radius 2 is 2.20 bits per heavy atom. The highest BCUT2D eigenvalue weighted by Gasteiger charge is 2.38. The van der Waals surface area contributed by atoms with Crippen LogP contribution in [0.1, 0.15) is 35.9 Å². The minimum absolute atomic E-state index is 0.233. The molecule has 0 saturated carbocycles. The van der Waals surface area contributed by atoms with Gasteiger partial charge in [0.25, 0.3) is 10.0 Å². The predicted octanol–water partition coefficient (Wildman–Crippen LogP) is 2.88. The highest BCUT2D eigenvalue weighted by molar-refractivity contribution is 7.91. The van der Waals surface area contributed by atoms with Crippen LogP contribution in [0.15, 0.2) is 26.2 Å². The summed E-state index contributed by atoms with van der Waals surface area (Å²) in [5.74, 6) is 0.636. The first kappa shape index (κ1) is 13.8. The first-order valence-electron chi connectivity index (χ1n) is 6.48. The number of hydrogen-bond acceptors (Lipinski definition) is 5. The van der Waals surface area contributed by atoms with Gasteiger partial charge in [0.2, 0.25) is 0 Å². The maximum Gasteiger partial charge on any atom is 0.253 e. The summed E-state index contributed by atoms with van der Waals surface area (Å²) in [4.78, 5) is 0. The minimum Gasteiger partial charge on any atom is -0.359 e. The van der Waals surface area contributed by atoms with E-state index in [1.54, 1.807) is 6.07 Å². The molecule has 5 nitrogen and oxygen atoms in total. The molecule has 1 aliphatic rings. The van der Waals surface area contributed by atoms with Crippen LogP contribution in [0.4, 0.5) is 0 Å². The standard InChI is InChI=1S/C13H16N2O3S2/c1-9-6-13(19-8-9)20(16,17)15-5-3-4-11(15)12-7-10(2)14-18-12/h6-8,11H,3-5H2,1-2H3. The van der Waals surface area contributed by atoms with E-state index in [4.69, 9.17) is 4.52 Å². The number of sulfonamides is 1. The van der Waals surface area contributed by atoms with Crippen LogP contribution < -0.4 is 0 Å². The lowest BCUT2D eigenvalue weighted by Gasteiger charge is -2.21. The second-order valence-corrected chi connectivity index (χ2v) is 8.12. The molecule has 1 unspecified atom stereocenters. The average Bonchev–Trinajstić information content (AvgIpc) is 3.07. The summed E-state index contributed by atoms with van der Waals surface area (Å²) in [6.07, 6.45) is 1.62. The van der Waals surface area contributed by atoms with E-state index < -0.39 is 10.0 Å². The molecule has 0 aliphatic carbocycles. The van der Waals surface area contributed by atoms with Crippen molar-refractivity contribution in [3.63, 3.8) is 0 Å². The van der Waals surface area contributed by atoms with Crippen LogP contribution in [0.5, 0.6) is 0 Å². The highest BCUT2D eigenvalue weighted by atomic mass is 32.2. The Morgan fingerprint density at radius 1 is 1.40 bits per heavy atom. The fourth-order valence-corrected chi connectivity index (χ4v) is 5.53. The van der Waals surface area contributed by atoms with Crippen molar-refractivity contribution >= 4 is 21.4 Å². The largest absolute Gasteiger partial charge is 0.359 e. The van der Waals surface area contributed by atoms with Gasteiger partial charge < -0.3 is 4.52 Å². The molecule has 7 heteroatoms. The van der Waals surface area contributed by atoms with Crippen molar-refractivity contribution in [2.75, 3.05) is 6.54 Å². The van der Waals surface area contributed by atoms with E-state index in [-0.39, 0.29) is 6.04 Å². The Morgan fingerprint density at radius 3 is 2.80 bits per heavy atom. The quantitative estimate of drug-likeness (QED) is 0.874. The molecule has 0 bridgehead atoms. The van der Waals surface area contributed by atoms with Gasteiger partial charge in [-0.05, 0) is 43.7 Å². The van der Waals surface area contributed by atoms with Crippen molar-refractivity contribution in [2.45, 2.75) is 36.9 Å². The molecule has 1 saturated heterocycles. The number of aryl methyl sites for hydroxylation is 2. The Hall–Kier alpha value is -1.18. The highest BCUT2D eigenvalue weighted by Crippen LogP contribution is 2.38. The van der Waals surface area contributed by atoms with Gasteiger partial charge in [-0.25, -0.2) is 8.42 Å². The van der Waals surface area contributed by atoms with Crippen LogP contribution in [0.2, 0.25) is 0 Å².